The van der Waals surface area contributed by atoms with E-state index in [4.69, 9.17) is 4.74 Å². The Labute approximate surface area is 102 Å². The summed E-state index contributed by atoms with van der Waals surface area (Å²) in [6.07, 6.45) is 3.41. The maximum atomic E-state index is 5.61. The van der Waals surface area contributed by atoms with Gasteiger partial charge in [0.15, 0.2) is 0 Å². The van der Waals surface area contributed by atoms with Crippen LogP contribution in [-0.2, 0) is 0 Å². The van der Waals surface area contributed by atoms with Crippen molar-refractivity contribution >= 4 is 5.69 Å². The van der Waals surface area contributed by atoms with Gasteiger partial charge in [-0.05, 0) is 36.4 Å². The molecule has 1 heterocycles. The molecule has 1 aromatic carbocycles. The fourth-order valence-corrected chi connectivity index (χ4v) is 1.23. The molecular weight excluding hydrogens is 212 g/mol. The zero-order chi connectivity index (χ0) is 12.5. The molecule has 1 N–H and O–H groups in total. The van der Waals surface area contributed by atoms with Crippen LogP contribution < -0.4 is 10.1 Å². The monoisotopic (exact) mass is 230 g/mol. The number of aromatic nitrogens is 1. The van der Waals surface area contributed by atoms with E-state index in [0.717, 1.165) is 17.2 Å². The minimum absolute atomic E-state index is 0.794. The molecule has 0 aliphatic carbocycles. The van der Waals surface area contributed by atoms with Crippen LogP contribution in [0.2, 0.25) is 0 Å². The molecular formula is C14H18N2O. The summed E-state index contributed by atoms with van der Waals surface area (Å²) in [5, 5.41) is 3.05. The summed E-state index contributed by atoms with van der Waals surface area (Å²) < 4.78 is 5.61. The van der Waals surface area contributed by atoms with Crippen LogP contribution in [0.15, 0.2) is 48.8 Å². The molecule has 0 unspecified atom stereocenters. The van der Waals surface area contributed by atoms with Crippen molar-refractivity contribution in [1.29, 1.82) is 0 Å². The molecule has 2 aromatic rings. The number of rotatable bonds is 3. The van der Waals surface area contributed by atoms with Gasteiger partial charge in [0.2, 0.25) is 0 Å². The van der Waals surface area contributed by atoms with E-state index in [9.17, 15) is 0 Å². The smallest absolute Gasteiger partial charge is 0.130 e. The third-order valence-corrected chi connectivity index (χ3v) is 2.03. The van der Waals surface area contributed by atoms with Gasteiger partial charge in [0.05, 0.1) is 0 Å². The zero-order valence-electron chi connectivity index (χ0n) is 10.5. The number of anilines is 1. The minimum atomic E-state index is 0.794. The maximum Gasteiger partial charge on any atom is 0.130 e. The first kappa shape index (κ1) is 13.0. The van der Waals surface area contributed by atoms with Crippen LogP contribution in [0.5, 0.6) is 11.5 Å². The minimum Gasteiger partial charge on any atom is -0.457 e. The molecule has 0 aliphatic rings. The van der Waals surface area contributed by atoms with Crippen molar-refractivity contribution in [3.05, 3.63) is 48.8 Å². The van der Waals surface area contributed by atoms with Gasteiger partial charge in [-0.1, -0.05) is 13.8 Å². The van der Waals surface area contributed by atoms with E-state index in [1.807, 2.05) is 57.3 Å². The quantitative estimate of drug-likeness (QED) is 0.867. The predicted octanol–water partition coefficient (Wildman–Crippen LogP) is 3.94. The second-order valence-corrected chi connectivity index (χ2v) is 3.06. The van der Waals surface area contributed by atoms with Gasteiger partial charge in [0, 0.05) is 25.1 Å². The van der Waals surface area contributed by atoms with Crippen LogP contribution in [0.25, 0.3) is 0 Å². The zero-order valence-corrected chi connectivity index (χ0v) is 10.5. The highest BCUT2D eigenvalue weighted by Crippen LogP contribution is 2.21. The molecule has 0 radical (unpaired) electrons. The fourth-order valence-electron chi connectivity index (χ4n) is 1.23. The van der Waals surface area contributed by atoms with E-state index in [1.165, 1.54) is 0 Å². The molecule has 0 saturated heterocycles. The summed E-state index contributed by atoms with van der Waals surface area (Å²) in [7, 11) is 1.89. The Morgan fingerprint density at radius 2 is 1.41 bits per heavy atom. The van der Waals surface area contributed by atoms with Crippen molar-refractivity contribution < 1.29 is 4.74 Å². The highest BCUT2D eigenvalue weighted by atomic mass is 16.5. The Morgan fingerprint density at radius 3 is 1.94 bits per heavy atom. The van der Waals surface area contributed by atoms with Crippen LogP contribution in [0.3, 0.4) is 0 Å². The summed E-state index contributed by atoms with van der Waals surface area (Å²) in [5.74, 6) is 1.61. The third-order valence-electron chi connectivity index (χ3n) is 2.03. The summed E-state index contributed by atoms with van der Waals surface area (Å²) >= 11 is 0. The molecule has 3 nitrogen and oxygen atoms in total. The highest BCUT2D eigenvalue weighted by Gasteiger charge is 1.95. The molecule has 0 amide bonds. The van der Waals surface area contributed by atoms with E-state index in [2.05, 4.69) is 10.3 Å². The van der Waals surface area contributed by atoms with Crippen LogP contribution in [-0.4, -0.2) is 12.0 Å². The van der Waals surface area contributed by atoms with Crippen molar-refractivity contribution in [2.45, 2.75) is 13.8 Å². The highest BCUT2D eigenvalue weighted by molar-refractivity contribution is 5.46. The van der Waals surface area contributed by atoms with Crippen LogP contribution in [0, 0.1) is 0 Å². The second kappa shape index (κ2) is 7.28. The molecule has 2 rings (SSSR count). The number of benzene rings is 1. The van der Waals surface area contributed by atoms with E-state index < -0.39 is 0 Å². The number of nitrogens with one attached hydrogen (secondary N) is 1. The Bertz CT molecular complexity index is 412. The Morgan fingerprint density at radius 1 is 0.882 bits per heavy atom. The standard InChI is InChI=1S/C12H12N2O.C2H6/c1-13-10-2-4-11(5-3-10)15-12-6-8-14-9-7-12;1-2/h2-9,13H,1H3;1-2H3. The molecule has 1 aromatic heterocycles. The van der Waals surface area contributed by atoms with E-state index in [0.29, 0.717) is 0 Å². The van der Waals surface area contributed by atoms with E-state index >= 15 is 0 Å². The SMILES string of the molecule is CC.CNc1ccc(Oc2ccncc2)cc1. The summed E-state index contributed by atoms with van der Waals surface area (Å²) in [5.41, 5.74) is 1.07. The van der Waals surface area contributed by atoms with Gasteiger partial charge in [0.25, 0.3) is 0 Å². The molecule has 3 heteroatoms. The average Bonchev–Trinajstić information content (AvgIpc) is 2.43. The largest absolute Gasteiger partial charge is 0.457 e. The Kier molecular flexibility index (Phi) is 5.58. The molecule has 17 heavy (non-hydrogen) atoms. The predicted molar refractivity (Wildman–Crippen MR) is 71.6 cm³/mol. The second-order valence-electron chi connectivity index (χ2n) is 3.06. The lowest BCUT2D eigenvalue weighted by Crippen LogP contribution is -1.88. The number of ether oxygens (including phenoxy) is 1. The first-order chi connectivity index (χ1) is 8.38. The van der Waals surface area contributed by atoms with E-state index in [1.54, 1.807) is 12.4 Å². The average molecular weight is 230 g/mol. The summed E-state index contributed by atoms with van der Waals surface area (Å²) in [6, 6.07) is 11.4. The van der Waals surface area contributed by atoms with Gasteiger partial charge in [-0.2, -0.15) is 0 Å². The first-order valence-corrected chi connectivity index (χ1v) is 5.74. The van der Waals surface area contributed by atoms with Crippen molar-refractivity contribution in [3.63, 3.8) is 0 Å². The Hall–Kier alpha value is -2.03. The molecule has 90 valence electrons. The van der Waals surface area contributed by atoms with Crippen LogP contribution in [0.1, 0.15) is 13.8 Å². The fraction of sp³-hybridized carbons (Fsp3) is 0.214. The number of hydrogen-bond donors (Lipinski definition) is 1. The lowest BCUT2D eigenvalue weighted by atomic mass is 10.3. The van der Waals surface area contributed by atoms with Crippen molar-refractivity contribution in [2.75, 3.05) is 12.4 Å². The molecule has 0 spiro atoms. The normalized spacial score (nSPS) is 8.88. The maximum absolute atomic E-state index is 5.61. The lowest BCUT2D eigenvalue weighted by molar-refractivity contribution is 0.482. The van der Waals surface area contributed by atoms with Gasteiger partial charge in [0.1, 0.15) is 11.5 Å². The summed E-state index contributed by atoms with van der Waals surface area (Å²) in [6.45, 7) is 4.00. The van der Waals surface area contributed by atoms with Gasteiger partial charge in [-0.3, -0.25) is 4.98 Å². The molecule has 0 fully saturated rings. The van der Waals surface area contributed by atoms with Gasteiger partial charge in [-0.25, -0.2) is 0 Å². The van der Waals surface area contributed by atoms with Crippen molar-refractivity contribution in [1.82, 2.24) is 4.98 Å². The molecule has 0 aliphatic heterocycles. The van der Waals surface area contributed by atoms with Gasteiger partial charge in [-0.15, -0.1) is 0 Å². The number of nitrogens with zero attached hydrogens (tertiary/aromatic N) is 1. The van der Waals surface area contributed by atoms with Gasteiger partial charge < -0.3 is 10.1 Å². The van der Waals surface area contributed by atoms with Crippen molar-refractivity contribution in [3.8, 4) is 11.5 Å². The number of pyridine rings is 1. The van der Waals surface area contributed by atoms with Crippen molar-refractivity contribution in [2.24, 2.45) is 0 Å². The topological polar surface area (TPSA) is 34.1 Å². The van der Waals surface area contributed by atoms with E-state index in [-0.39, 0.29) is 0 Å². The molecule has 0 bridgehead atoms. The molecule has 0 saturated carbocycles. The van der Waals surface area contributed by atoms with Crippen LogP contribution in [0.4, 0.5) is 5.69 Å². The summed E-state index contributed by atoms with van der Waals surface area (Å²) in [4.78, 5) is 3.92. The lowest BCUT2D eigenvalue weighted by Gasteiger charge is -2.05. The first-order valence-electron chi connectivity index (χ1n) is 5.74. The Balaban J connectivity index is 0.000000686. The van der Waals surface area contributed by atoms with Gasteiger partial charge >= 0.3 is 0 Å². The third kappa shape index (κ3) is 4.15. The molecule has 0 atom stereocenters. The number of hydrogen-bond acceptors (Lipinski definition) is 3. The van der Waals surface area contributed by atoms with Crippen LogP contribution >= 0.6 is 0 Å².